The van der Waals surface area contributed by atoms with E-state index in [-0.39, 0.29) is 17.0 Å². The topological polar surface area (TPSA) is 26.3 Å². The molecule has 2 bridgehead atoms. The molecule has 3 rings (SSSR count). The molecule has 0 amide bonds. The first-order valence-electron chi connectivity index (χ1n) is 10.1. The highest BCUT2D eigenvalue weighted by Gasteiger charge is 2.56. The van der Waals surface area contributed by atoms with Crippen molar-refractivity contribution in [1.29, 1.82) is 0 Å². The van der Waals surface area contributed by atoms with Gasteiger partial charge in [-0.2, -0.15) is 0 Å². The number of hydrogen-bond acceptors (Lipinski definition) is 2. The van der Waals surface area contributed by atoms with Gasteiger partial charge in [0.1, 0.15) is 5.60 Å². The van der Waals surface area contributed by atoms with Crippen LogP contribution in [0.5, 0.6) is 0 Å². The zero-order valence-electron chi connectivity index (χ0n) is 15.9. The largest absolute Gasteiger partial charge is 0.458 e. The lowest BCUT2D eigenvalue weighted by Crippen LogP contribution is -2.44. The van der Waals surface area contributed by atoms with Crippen molar-refractivity contribution < 1.29 is 9.53 Å². The summed E-state index contributed by atoms with van der Waals surface area (Å²) in [5, 5.41) is 0. The van der Waals surface area contributed by atoms with E-state index in [0.717, 1.165) is 42.9 Å². The predicted molar refractivity (Wildman–Crippen MR) is 94.0 cm³/mol. The Morgan fingerprint density at radius 3 is 1.87 bits per heavy atom. The van der Waals surface area contributed by atoms with Crippen LogP contribution >= 0.6 is 0 Å². The van der Waals surface area contributed by atoms with E-state index in [0.29, 0.717) is 5.92 Å². The van der Waals surface area contributed by atoms with Crippen LogP contribution in [0.1, 0.15) is 86.0 Å². The number of ether oxygens (including phenoxy) is 1. The van der Waals surface area contributed by atoms with Crippen LogP contribution in [0.4, 0.5) is 0 Å². The Morgan fingerprint density at radius 1 is 0.913 bits per heavy atom. The second kappa shape index (κ2) is 6.08. The number of rotatable bonds is 6. The van der Waals surface area contributed by atoms with Crippen molar-refractivity contribution >= 4 is 5.97 Å². The summed E-state index contributed by atoms with van der Waals surface area (Å²) < 4.78 is 6.29. The van der Waals surface area contributed by atoms with Crippen LogP contribution in [0, 0.1) is 35.0 Å². The van der Waals surface area contributed by atoms with Crippen molar-refractivity contribution in [3.8, 4) is 0 Å². The van der Waals surface area contributed by atoms with Gasteiger partial charge in [-0.3, -0.25) is 4.79 Å². The highest BCUT2D eigenvalue weighted by molar-refractivity contribution is 5.76. The van der Waals surface area contributed by atoms with E-state index in [1.54, 1.807) is 0 Å². The maximum Gasteiger partial charge on any atom is 0.312 e. The Hall–Kier alpha value is -0.530. The fourth-order valence-corrected chi connectivity index (χ4v) is 5.97. The number of hydrogen-bond donors (Lipinski definition) is 0. The third-order valence-corrected chi connectivity index (χ3v) is 8.06. The minimum atomic E-state index is -0.358. The Bertz CT molecular complexity index is 431. The molecule has 0 aromatic heterocycles. The molecule has 0 aromatic carbocycles. The summed E-state index contributed by atoms with van der Waals surface area (Å²) in [6.45, 7) is 10.6. The molecule has 2 heteroatoms. The standard InChI is InChI=1S/C21H36O2/c1-6-20(4,5)19(22)23-21(7-2,8-3)16-12-17-14-9-10-15(11-14)18(17)13-16/h14-18H,6-13H2,1-5H3. The van der Waals surface area contributed by atoms with Crippen molar-refractivity contribution in [2.24, 2.45) is 35.0 Å². The zero-order chi connectivity index (χ0) is 16.8. The van der Waals surface area contributed by atoms with Crippen LogP contribution in [-0.4, -0.2) is 11.6 Å². The first kappa shape index (κ1) is 17.3. The number of esters is 1. The van der Waals surface area contributed by atoms with E-state index in [4.69, 9.17) is 4.74 Å². The third-order valence-electron chi connectivity index (χ3n) is 8.06. The molecule has 0 aliphatic heterocycles. The van der Waals surface area contributed by atoms with Gasteiger partial charge in [0, 0.05) is 0 Å². The molecule has 132 valence electrons. The van der Waals surface area contributed by atoms with Crippen LogP contribution in [0.3, 0.4) is 0 Å². The molecule has 3 aliphatic carbocycles. The zero-order valence-corrected chi connectivity index (χ0v) is 15.9. The van der Waals surface area contributed by atoms with Gasteiger partial charge in [-0.15, -0.1) is 0 Å². The molecule has 0 heterocycles. The molecule has 23 heavy (non-hydrogen) atoms. The smallest absolute Gasteiger partial charge is 0.312 e. The molecule has 0 spiro atoms. The number of carbonyl (C=O) groups is 1. The average Bonchev–Trinajstić information content (AvgIpc) is 3.24. The van der Waals surface area contributed by atoms with Crippen LogP contribution < -0.4 is 0 Å². The van der Waals surface area contributed by atoms with Crippen LogP contribution in [-0.2, 0) is 9.53 Å². The van der Waals surface area contributed by atoms with Gasteiger partial charge in [-0.1, -0.05) is 20.8 Å². The minimum absolute atomic E-state index is 0.0173. The summed E-state index contributed by atoms with van der Waals surface area (Å²) in [6.07, 6.45) is 9.83. The maximum atomic E-state index is 12.8. The molecule has 0 aromatic rings. The Morgan fingerprint density at radius 2 is 1.43 bits per heavy atom. The fraction of sp³-hybridized carbons (Fsp3) is 0.952. The maximum absolute atomic E-state index is 12.8. The van der Waals surface area contributed by atoms with Gasteiger partial charge in [0.25, 0.3) is 0 Å². The summed E-state index contributed by atoms with van der Waals surface area (Å²) >= 11 is 0. The van der Waals surface area contributed by atoms with Gasteiger partial charge in [-0.05, 0) is 94.8 Å². The van der Waals surface area contributed by atoms with Gasteiger partial charge in [-0.25, -0.2) is 0 Å². The highest BCUT2D eigenvalue weighted by Crippen LogP contribution is 2.62. The Balaban J connectivity index is 1.75. The van der Waals surface area contributed by atoms with Gasteiger partial charge in [0.05, 0.1) is 5.41 Å². The molecule has 4 unspecified atom stereocenters. The van der Waals surface area contributed by atoms with Gasteiger partial charge in [0.15, 0.2) is 0 Å². The predicted octanol–water partition coefficient (Wildman–Crippen LogP) is 5.60. The quantitative estimate of drug-likeness (QED) is 0.596. The first-order valence-corrected chi connectivity index (χ1v) is 10.1. The van der Waals surface area contributed by atoms with E-state index >= 15 is 0 Å². The summed E-state index contributed by atoms with van der Waals surface area (Å²) in [5.41, 5.74) is -0.573. The molecular weight excluding hydrogens is 284 g/mol. The van der Waals surface area contributed by atoms with Crippen molar-refractivity contribution in [2.75, 3.05) is 0 Å². The normalized spacial score (nSPS) is 36.3. The molecule has 3 fully saturated rings. The molecule has 3 saturated carbocycles. The molecule has 0 saturated heterocycles. The van der Waals surface area contributed by atoms with Crippen molar-refractivity contribution in [1.82, 2.24) is 0 Å². The lowest BCUT2D eigenvalue weighted by atomic mass is 9.78. The van der Waals surface area contributed by atoms with E-state index < -0.39 is 0 Å². The lowest BCUT2D eigenvalue weighted by molar-refractivity contribution is -0.179. The average molecular weight is 321 g/mol. The second-order valence-corrected chi connectivity index (χ2v) is 9.23. The van der Waals surface area contributed by atoms with E-state index in [1.807, 2.05) is 13.8 Å². The van der Waals surface area contributed by atoms with Crippen LogP contribution in [0.15, 0.2) is 0 Å². The van der Waals surface area contributed by atoms with Gasteiger partial charge >= 0.3 is 5.97 Å². The monoisotopic (exact) mass is 320 g/mol. The molecule has 0 radical (unpaired) electrons. The second-order valence-electron chi connectivity index (χ2n) is 9.23. The Labute approximate surface area is 142 Å². The third kappa shape index (κ3) is 2.74. The van der Waals surface area contributed by atoms with Crippen LogP contribution in [0.25, 0.3) is 0 Å². The number of fused-ring (bicyclic) bond motifs is 5. The van der Waals surface area contributed by atoms with E-state index in [9.17, 15) is 4.79 Å². The molecule has 4 atom stereocenters. The van der Waals surface area contributed by atoms with Crippen molar-refractivity contribution in [3.05, 3.63) is 0 Å². The fourth-order valence-electron chi connectivity index (χ4n) is 5.97. The SMILES string of the molecule is CCC(C)(C)C(=O)OC(CC)(CC)C1CC2C3CCC(C3)C2C1. The summed E-state index contributed by atoms with van der Waals surface area (Å²) in [5.74, 6) is 4.47. The molecule has 0 N–H and O–H groups in total. The first-order chi connectivity index (χ1) is 10.9. The molecular formula is C21H36O2. The summed E-state index contributed by atoms with van der Waals surface area (Å²) in [4.78, 5) is 12.8. The minimum Gasteiger partial charge on any atom is -0.458 e. The van der Waals surface area contributed by atoms with Gasteiger partial charge in [0.2, 0.25) is 0 Å². The van der Waals surface area contributed by atoms with Crippen molar-refractivity contribution in [2.45, 2.75) is 91.6 Å². The molecule has 3 aliphatic rings. The number of carbonyl (C=O) groups excluding carboxylic acids is 1. The highest BCUT2D eigenvalue weighted by atomic mass is 16.6. The van der Waals surface area contributed by atoms with E-state index in [1.165, 1.54) is 32.1 Å². The van der Waals surface area contributed by atoms with E-state index in [2.05, 4.69) is 20.8 Å². The lowest BCUT2D eigenvalue weighted by Gasteiger charge is -2.40. The molecule has 2 nitrogen and oxygen atoms in total. The summed E-state index contributed by atoms with van der Waals surface area (Å²) in [7, 11) is 0. The van der Waals surface area contributed by atoms with Crippen LogP contribution in [0.2, 0.25) is 0 Å². The van der Waals surface area contributed by atoms with Crippen molar-refractivity contribution in [3.63, 3.8) is 0 Å². The summed E-state index contributed by atoms with van der Waals surface area (Å²) in [6, 6.07) is 0. The Kier molecular flexibility index (Phi) is 4.57. The van der Waals surface area contributed by atoms with Gasteiger partial charge < -0.3 is 4.74 Å².